The average Bonchev–Trinajstić information content (AvgIpc) is 2.90. The van der Waals surface area contributed by atoms with Crippen LogP contribution in [0.4, 0.5) is 0 Å². The highest BCUT2D eigenvalue weighted by Crippen LogP contribution is 2.23. The van der Waals surface area contributed by atoms with Crippen LogP contribution in [0.3, 0.4) is 0 Å². The van der Waals surface area contributed by atoms with Crippen LogP contribution in [0.1, 0.15) is 34.6 Å². The molecular weight excluding hydrogens is 268 g/mol. The Morgan fingerprint density at radius 1 is 1.56 bits per heavy atom. The molecule has 2 rings (SSSR count). The number of aromatic nitrogens is 1. The highest BCUT2D eigenvalue weighted by atomic mass is 35.5. The maximum absolute atomic E-state index is 12.1. The van der Waals surface area contributed by atoms with E-state index in [1.807, 2.05) is 24.4 Å². The fraction of sp³-hybridized carbons (Fsp3) is 0.231. The molecule has 2 heterocycles. The molecule has 1 unspecified atom stereocenters. The number of hydrogen-bond donors (Lipinski definition) is 1. The smallest absolute Gasteiger partial charge is 0.254 e. The quantitative estimate of drug-likeness (QED) is 0.928. The number of hydrogen-bond acceptors (Lipinski definition) is 3. The molecule has 94 valence electrons. The molecule has 1 amide bonds. The molecule has 0 spiro atoms. The molecule has 2 aromatic heterocycles. The van der Waals surface area contributed by atoms with Crippen molar-refractivity contribution < 1.29 is 4.79 Å². The summed E-state index contributed by atoms with van der Waals surface area (Å²) in [6, 6.07) is 5.63. The molecule has 18 heavy (non-hydrogen) atoms. The van der Waals surface area contributed by atoms with Crippen molar-refractivity contribution in [3.63, 3.8) is 0 Å². The Kier molecular flexibility index (Phi) is 4.33. The van der Waals surface area contributed by atoms with Crippen LogP contribution in [0.25, 0.3) is 0 Å². The van der Waals surface area contributed by atoms with Crippen molar-refractivity contribution in [2.75, 3.05) is 0 Å². The first-order valence-electron chi connectivity index (χ1n) is 5.66. The molecule has 0 aliphatic carbocycles. The third-order valence-electron chi connectivity index (χ3n) is 2.61. The van der Waals surface area contributed by atoms with Crippen molar-refractivity contribution in [2.24, 2.45) is 0 Å². The van der Waals surface area contributed by atoms with Gasteiger partial charge in [0.05, 0.1) is 16.6 Å². The van der Waals surface area contributed by atoms with Crippen LogP contribution in [0, 0.1) is 0 Å². The lowest BCUT2D eigenvalue weighted by atomic mass is 10.1. The number of pyridine rings is 1. The molecule has 0 aromatic carbocycles. The Balaban J connectivity index is 2.14. The van der Waals surface area contributed by atoms with Crippen LogP contribution in [0.2, 0.25) is 5.02 Å². The molecule has 5 heteroatoms. The molecule has 1 atom stereocenters. The Morgan fingerprint density at radius 3 is 3.00 bits per heavy atom. The molecule has 1 N–H and O–H groups in total. The lowest BCUT2D eigenvalue weighted by Gasteiger charge is -2.15. The molecule has 2 aromatic rings. The van der Waals surface area contributed by atoms with Crippen LogP contribution in [0.15, 0.2) is 36.0 Å². The predicted molar refractivity (Wildman–Crippen MR) is 74.1 cm³/mol. The molecule has 0 bridgehead atoms. The van der Waals surface area contributed by atoms with Gasteiger partial charge in [0, 0.05) is 17.3 Å². The van der Waals surface area contributed by atoms with Gasteiger partial charge in [-0.2, -0.15) is 0 Å². The van der Waals surface area contributed by atoms with Gasteiger partial charge in [-0.1, -0.05) is 24.6 Å². The number of carbonyl (C=O) groups is 1. The first-order valence-corrected chi connectivity index (χ1v) is 6.92. The van der Waals surface area contributed by atoms with E-state index in [1.54, 1.807) is 23.6 Å². The topological polar surface area (TPSA) is 42.0 Å². The Morgan fingerprint density at radius 2 is 2.39 bits per heavy atom. The maximum Gasteiger partial charge on any atom is 0.254 e. The van der Waals surface area contributed by atoms with Gasteiger partial charge in [-0.15, -0.1) is 11.3 Å². The predicted octanol–water partition coefficient (Wildman–Crippen LogP) is 3.68. The summed E-state index contributed by atoms with van der Waals surface area (Å²) >= 11 is 7.61. The Labute approximate surface area is 115 Å². The number of thiophene rings is 1. The van der Waals surface area contributed by atoms with Crippen LogP contribution in [-0.4, -0.2) is 10.9 Å². The normalized spacial score (nSPS) is 12.1. The van der Waals surface area contributed by atoms with Gasteiger partial charge in [0.2, 0.25) is 0 Å². The Hall–Kier alpha value is -1.39. The van der Waals surface area contributed by atoms with Crippen molar-refractivity contribution in [1.82, 2.24) is 10.3 Å². The molecule has 0 aliphatic heterocycles. The summed E-state index contributed by atoms with van der Waals surface area (Å²) in [5.41, 5.74) is 0.411. The van der Waals surface area contributed by atoms with Crippen molar-refractivity contribution in [3.05, 3.63) is 51.4 Å². The van der Waals surface area contributed by atoms with Crippen molar-refractivity contribution >= 4 is 28.8 Å². The van der Waals surface area contributed by atoms with Crippen LogP contribution in [-0.2, 0) is 0 Å². The van der Waals surface area contributed by atoms with Crippen LogP contribution < -0.4 is 5.32 Å². The first kappa shape index (κ1) is 13.1. The minimum Gasteiger partial charge on any atom is -0.344 e. The fourth-order valence-electron chi connectivity index (χ4n) is 1.64. The van der Waals surface area contributed by atoms with Crippen LogP contribution >= 0.6 is 22.9 Å². The van der Waals surface area contributed by atoms with Gasteiger partial charge in [0.15, 0.2) is 0 Å². The van der Waals surface area contributed by atoms with Gasteiger partial charge >= 0.3 is 0 Å². The summed E-state index contributed by atoms with van der Waals surface area (Å²) in [6.07, 6.45) is 3.89. The zero-order chi connectivity index (χ0) is 13.0. The third-order valence-corrected chi connectivity index (χ3v) is 3.93. The number of carbonyl (C=O) groups excluding carboxylic acids is 1. The largest absolute Gasteiger partial charge is 0.344 e. The lowest BCUT2D eigenvalue weighted by molar-refractivity contribution is 0.0936. The second-order valence-electron chi connectivity index (χ2n) is 3.81. The number of rotatable bonds is 4. The first-order chi connectivity index (χ1) is 8.72. The van der Waals surface area contributed by atoms with Crippen LogP contribution in [0.5, 0.6) is 0 Å². The van der Waals surface area contributed by atoms with E-state index in [9.17, 15) is 4.79 Å². The highest BCUT2D eigenvalue weighted by Gasteiger charge is 2.16. The van der Waals surface area contributed by atoms with E-state index in [0.29, 0.717) is 10.6 Å². The molecular formula is C13H13ClN2OS. The second kappa shape index (κ2) is 5.98. The van der Waals surface area contributed by atoms with E-state index in [4.69, 9.17) is 11.6 Å². The van der Waals surface area contributed by atoms with E-state index in [-0.39, 0.29) is 11.9 Å². The number of halogens is 1. The van der Waals surface area contributed by atoms with E-state index in [1.165, 1.54) is 6.20 Å². The minimum atomic E-state index is -0.187. The summed E-state index contributed by atoms with van der Waals surface area (Å²) in [5, 5.41) is 5.39. The zero-order valence-electron chi connectivity index (χ0n) is 9.89. The standard InChI is InChI=1S/C13H13ClN2OS/c1-2-11(12-4-3-7-18-12)16-13(17)9-8-15-6-5-10(9)14/h3-8,11H,2H2,1H3,(H,16,17). The third kappa shape index (κ3) is 2.89. The molecule has 0 saturated carbocycles. The highest BCUT2D eigenvalue weighted by molar-refractivity contribution is 7.10. The molecule has 0 aliphatic rings. The summed E-state index contributed by atoms with van der Waals surface area (Å²) in [5.74, 6) is -0.187. The average molecular weight is 281 g/mol. The van der Waals surface area contributed by atoms with Gasteiger partial charge in [-0.3, -0.25) is 9.78 Å². The molecule has 3 nitrogen and oxygen atoms in total. The number of nitrogens with zero attached hydrogens (tertiary/aromatic N) is 1. The molecule has 0 radical (unpaired) electrons. The lowest BCUT2D eigenvalue weighted by Crippen LogP contribution is -2.27. The number of nitrogens with one attached hydrogen (secondary N) is 1. The summed E-state index contributed by atoms with van der Waals surface area (Å²) < 4.78 is 0. The fourth-order valence-corrected chi connectivity index (χ4v) is 2.70. The SMILES string of the molecule is CCC(NC(=O)c1cnccc1Cl)c1cccs1. The van der Waals surface area contributed by atoms with Gasteiger partial charge < -0.3 is 5.32 Å². The van der Waals surface area contributed by atoms with Crippen molar-refractivity contribution in [3.8, 4) is 0 Å². The van der Waals surface area contributed by atoms with E-state index < -0.39 is 0 Å². The zero-order valence-corrected chi connectivity index (χ0v) is 11.5. The van der Waals surface area contributed by atoms with E-state index in [2.05, 4.69) is 10.3 Å². The Bertz CT molecular complexity index is 528. The van der Waals surface area contributed by atoms with E-state index in [0.717, 1.165) is 11.3 Å². The maximum atomic E-state index is 12.1. The summed E-state index contributed by atoms with van der Waals surface area (Å²) in [4.78, 5) is 17.2. The number of amides is 1. The van der Waals surface area contributed by atoms with Crippen molar-refractivity contribution in [1.29, 1.82) is 0 Å². The second-order valence-corrected chi connectivity index (χ2v) is 5.19. The molecule has 0 saturated heterocycles. The van der Waals surface area contributed by atoms with Gasteiger partial charge in [0.1, 0.15) is 0 Å². The van der Waals surface area contributed by atoms with E-state index >= 15 is 0 Å². The van der Waals surface area contributed by atoms with Gasteiger partial charge in [-0.05, 0) is 23.9 Å². The summed E-state index contributed by atoms with van der Waals surface area (Å²) in [6.45, 7) is 2.04. The minimum absolute atomic E-state index is 0.0220. The van der Waals surface area contributed by atoms with Crippen molar-refractivity contribution in [2.45, 2.75) is 19.4 Å². The molecule has 0 fully saturated rings. The van der Waals surface area contributed by atoms with Gasteiger partial charge in [0.25, 0.3) is 5.91 Å². The monoisotopic (exact) mass is 280 g/mol. The van der Waals surface area contributed by atoms with Gasteiger partial charge in [-0.25, -0.2) is 0 Å². The summed E-state index contributed by atoms with van der Waals surface area (Å²) in [7, 11) is 0.